The summed E-state index contributed by atoms with van der Waals surface area (Å²) in [6, 6.07) is 6.03. The molecule has 7 nitrogen and oxygen atoms in total. The molecule has 1 amide bonds. The maximum Gasteiger partial charge on any atom is 0.263 e. The minimum absolute atomic E-state index is 0.104. The standard InChI is InChI=1S/C17H16FN5O2/c18-12-3-1-10(2-4-12)14-13-16(20-9-21-17(13)25-22-14)23-7-5-11(6-8-23)15(19)24/h1-4,9,11H,5-8H2,(H2,19,24). The van der Waals surface area contributed by atoms with Crippen LogP contribution < -0.4 is 10.6 Å². The van der Waals surface area contributed by atoms with Crippen LogP contribution in [0.5, 0.6) is 0 Å². The number of benzene rings is 1. The van der Waals surface area contributed by atoms with E-state index in [0.717, 1.165) is 5.56 Å². The fraction of sp³-hybridized carbons (Fsp3) is 0.294. The highest BCUT2D eigenvalue weighted by atomic mass is 19.1. The summed E-state index contributed by atoms with van der Waals surface area (Å²) in [6.45, 7) is 1.32. The minimum atomic E-state index is -0.318. The highest BCUT2D eigenvalue weighted by Gasteiger charge is 2.27. The molecule has 3 aromatic rings. The lowest BCUT2D eigenvalue weighted by molar-refractivity contribution is -0.122. The van der Waals surface area contributed by atoms with Gasteiger partial charge in [-0.1, -0.05) is 5.16 Å². The number of halogens is 1. The quantitative estimate of drug-likeness (QED) is 0.783. The molecule has 0 spiro atoms. The van der Waals surface area contributed by atoms with E-state index in [2.05, 4.69) is 20.0 Å². The molecular weight excluding hydrogens is 325 g/mol. The fourth-order valence-electron chi connectivity index (χ4n) is 3.19. The molecule has 1 aromatic carbocycles. The van der Waals surface area contributed by atoms with Crippen LogP contribution >= 0.6 is 0 Å². The van der Waals surface area contributed by atoms with E-state index in [9.17, 15) is 9.18 Å². The normalized spacial score (nSPS) is 15.6. The van der Waals surface area contributed by atoms with Gasteiger partial charge in [0.25, 0.3) is 5.71 Å². The summed E-state index contributed by atoms with van der Waals surface area (Å²) < 4.78 is 18.5. The Kier molecular flexibility index (Phi) is 3.79. The first kappa shape index (κ1) is 15.5. The number of fused-ring (bicyclic) bond motifs is 1. The number of amides is 1. The highest BCUT2D eigenvalue weighted by Crippen LogP contribution is 2.34. The first-order valence-corrected chi connectivity index (χ1v) is 8.04. The molecule has 4 rings (SSSR count). The van der Waals surface area contributed by atoms with Crippen LogP contribution in [-0.4, -0.2) is 34.1 Å². The lowest BCUT2D eigenvalue weighted by atomic mass is 9.96. The maximum absolute atomic E-state index is 13.2. The molecule has 1 saturated heterocycles. The van der Waals surface area contributed by atoms with Gasteiger partial charge in [-0.2, -0.15) is 4.98 Å². The largest absolute Gasteiger partial charge is 0.369 e. The predicted molar refractivity (Wildman–Crippen MR) is 89.1 cm³/mol. The SMILES string of the molecule is NC(=O)C1CCN(c2ncnc3onc(-c4ccc(F)cc4)c23)CC1. The van der Waals surface area contributed by atoms with Crippen molar-refractivity contribution >= 4 is 22.8 Å². The van der Waals surface area contributed by atoms with Crippen molar-refractivity contribution in [2.24, 2.45) is 11.7 Å². The Bertz CT molecular complexity index is 916. The smallest absolute Gasteiger partial charge is 0.263 e. The third kappa shape index (κ3) is 2.79. The molecule has 2 N–H and O–H groups in total. The van der Waals surface area contributed by atoms with E-state index in [1.54, 1.807) is 12.1 Å². The summed E-state index contributed by atoms with van der Waals surface area (Å²) in [6.07, 6.45) is 2.79. The van der Waals surface area contributed by atoms with Crippen molar-refractivity contribution in [3.63, 3.8) is 0 Å². The van der Waals surface area contributed by atoms with E-state index in [0.29, 0.717) is 48.5 Å². The highest BCUT2D eigenvalue weighted by molar-refractivity contribution is 5.97. The molecular formula is C17H16FN5O2. The Morgan fingerprint density at radius 2 is 1.92 bits per heavy atom. The number of aromatic nitrogens is 3. The predicted octanol–water partition coefficient (Wildman–Crippen LogP) is 2.13. The van der Waals surface area contributed by atoms with Gasteiger partial charge in [0, 0.05) is 24.6 Å². The number of primary amides is 1. The van der Waals surface area contributed by atoms with Gasteiger partial charge in [0.15, 0.2) is 0 Å². The number of piperidine rings is 1. The van der Waals surface area contributed by atoms with E-state index in [-0.39, 0.29) is 17.6 Å². The van der Waals surface area contributed by atoms with Gasteiger partial charge in [-0.25, -0.2) is 9.37 Å². The number of nitrogens with zero attached hydrogens (tertiary/aromatic N) is 4. The van der Waals surface area contributed by atoms with Crippen molar-refractivity contribution in [3.8, 4) is 11.3 Å². The third-order valence-corrected chi connectivity index (χ3v) is 4.57. The van der Waals surface area contributed by atoms with Crippen LogP contribution in [0.2, 0.25) is 0 Å². The van der Waals surface area contributed by atoms with Gasteiger partial charge in [-0.15, -0.1) is 0 Å². The van der Waals surface area contributed by atoms with Gasteiger partial charge >= 0.3 is 0 Å². The molecule has 0 unspecified atom stereocenters. The molecule has 2 aromatic heterocycles. The molecule has 0 atom stereocenters. The van der Waals surface area contributed by atoms with Crippen LogP contribution in [-0.2, 0) is 4.79 Å². The van der Waals surface area contributed by atoms with Gasteiger partial charge in [0.2, 0.25) is 5.91 Å². The van der Waals surface area contributed by atoms with Gasteiger partial charge < -0.3 is 15.2 Å². The Labute approximate surface area is 142 Å². The lowest BCUT2D eigenvalue weighted by Crippen LogP contribution is -2.39. The van der Waals surface area contributed by atoms with Crippen LogP contribution in [0.4, 0.5) is 10.2 Å². The van der Waals surface area contributed by atoms with Crippen molar-refractivity contribution in [1.82, 2.24) is 15.1 Å². The second-order valence-electron chi connectivity index (χ2n) is 6.08. The van der Waals surface area contributed by atoms with Crippen LogP contribution in [0.25, 0.3) is 22.4 Å². The Balaban J connectivity index is 1.74. The van der Waals surface area contributed by atoms with Crippen molar-refractivity contribution in [2.75, 3.05) is 18.0 Å². The second-order valence-corrected chi connectivity index (χ2v) is 6.08. The van der Waals surface area contributed by atoms with Crippen molar-refractivity contribution in [3.05, 3.63) is 36.4 Å². The van der Waals surface area contributed by atoms with E-state index >= 15 is 0 Å². The number of rotatable bonds is 3. The Morgan fingerprint density at radius 1 is 1.20 bits per heavy atom. The van der Waals surface area contributed by atoms with E-state index < -0.39 is 0 Å². The zero-order valence-electron chi connectivity index (χ0n) is 13.4. The molecule has 0 aliphatic carbocycles. The van der Waals surface area contributed by atoms with Crippen LogP contribution in [0, 0.1) is 11.7 Å². The van der Waals surface area contributed by atoms with Gasteiger partial charge in [-0.05, 0) is 37.1 Å². The second kappa shape index (κ2) is 6.12. The number of anilines is 1. The first-order chi connectivity index (χ1) is 12.1. The van der Waals surface area contributed by atoms with Gasteiger partial charge in [0.05, 0.1) is 0 Å². The monoisotopic (exact) mass is 341 g/mol. The van der Waals surface area contributed by atoms with Crippen LogP contribution in [0.3, 0.4) is 0 Å². The maximum atomic E-state index is 13.2. The van der Waals surface area contributed by atoms with Crippen molar-refractivity contribution < 1.29 is 13.7 Å². The molecule has 1 aliphatic rings. The summed E-state index contributed by atoms with van der Waals surface area (Å²) >= 11 is 0. The Morgan fingerprint density at radius 3 is 2.60 bits per heavy atom. The number of carbonyl (C=O) groups excluding carboxylic acids is 1. The summed E-state index contributed by atoms with van der Waals surface area (Å²) in [4.78, 5) is 22.0. The van der Waals surface area contributed by atoms with Crippen molar-refractivity contribution in [1.29, 1.82) is 0 Å². The molecule has 25 heavy (non-hydrogen) atoms. The van der Waals surface area contributed by atoms with Crippen LogP contribution in [0.15, 0.2) is 35.1 Å². The molecule has 128 valence electrons. The summed E-state index contributed by atoms with van der Waals surface area (Å²) in [7, 11) is 0. The Hall–Kier alpha value is -3.03. The average Bonchev–Trinajstić information content (AvgIpc) is 3.07. The molecule has 0 saturated carbocycles. The number of nitrogens with two attached hydrogens (primary N) is 1. The summed E-state index contributed by atoms with van der Waals surface area (Å²) in [5.41, 5.74) is 7.07. The zero-order chi connectivity index (χ0) is 17.4. The zero-order valence-corrected chi connectivity index (χ0v) is 13.4. The van der Waals surface area contributed by atoms with Crippen LogP contribution in [0.1, 0.15) is 12.8 Å². The summed E-state index contributed by atoms with van der Waals surface area (Å²) in [5, 5.41) is 4.78. The summed E-state index contributed by atoms with van der Waals surface area (Å²) in [5.74, 6) is 0.0205. The number of carbonyl (C=O) groups is 1. The van der Waals surface area contributed by atoms with Crippen molar-refractivity contribution in [2.45, 2.75) is 12.8 Å². The van der Waals surface area contributed by atoms with E-state index in [1.807, 2.05) is 0 Å². The first-order valence-electron chi connectivity index (χ1n) is 8.04. The lowest BCUT2D eigenvalue weighted by Gasteiger charge is -2.31. The topological polar surface area (TPSA) is 98.1 Å². The molecule has 3 heterocycles. The molecule has 1 aliphatic heterocycles. The van der Waals surface area contributed by atoms with E-state index in [1.165, 1.54) is 18.5 Å². The molecule has 0 radical (unpaired) electrons. The molecule has 8 heteroatoms. The average molecular weight is 341 g/mol. The van der Waals surface area contributed by atoms with E-state index in [4.69, 9.17) is 10.3 Å². The molecule has 0 bridgehead atoms. The molecule has 1 fully saturated rings. The van der Waals surface area contributed by atoms with Gasteiger partial charge in [-0.3, -0.25) is 4.79 Å². The fourth-order valence-corrected chi connectivity index (χ4v) is 3.19. The van der Waals surface area contributed by atoms with Gasteiger partial charge in [0.1, 0.15) is 29.0 Å². The third-order valence-electron chi connectivity index (χ3n) is 4.57. The number of hydrogen-bond acceptors (Lipinski definition) is 6. The minimum Gasteiger partial charge on any atom is -0.369 e. The number of hydrogen-bond donors (Lipinski definition) is 1.